The van der Waals surface area contributed by atoms with Gasteiger partial charge in [-0.05, 0) is 53.0 Å². The first kappa shape index (κ1) is 15.5. The number of rotatable bonds is 8. The van der Waals surface area contributed by atoms with Crippen LogP contribution in [0.3, 0.4) is 0 Å². The smallest absolute Gasteiger partial charge is 0.137 e. The maximum Gasteiger partial charge on any atom is 0.137 e. The van der Waals surface area contributed by atoms with Gasteiger partial charge in [-0.3, -0.25) is 0 Å². The second-order valence-corrected chi connectivity index (χ2v) is 4.82. The van der Waals surface area contributed by atoms with Crippen LogP contribution in [0.25, 0.3) is 0 Å². The van der Waals surface area contributed by atoms with Crippen LogP contribution in [0, 0.1) is 11.6 Å². The summed E-state index contributed by atoms with van der Waals surface area (Å²) in [5.74, 6) is -0.855. The molecule has 0 atom stereocenters. The van der Waals surface area contributed by atoms with Gasteiger partial charge in [-0.1, -0.05) is 6.92 Å². The number of halogens is 3. The molecule has 0 fully saturated rings. The van der Waals surface area contributed by atoms with Gasteiger partial charge in [0.25, 0.3) is 0 Å². The van der Waals surface area contributed by atoms with Gasteiger partial charge in [0.2, 0.25) is 0 Å². The van der Waals surface area contributed by atoms with E-state index >= 15 is 0 Å². The molecule has 0 aliphatic carbocycles. The van der Waals surface area contributed by atoms with E-state index in [9.17, 15) is 8.78 Å². The normalized spacial score (nSPS) is 10.9. The van der Waals surface area contributed by atoms with Crippen molar-refractivity contribution in [2.24, 2.45) is 0 Å². The minimum absolute atomic E-state index is 0.147. The second-order valence-electron chi connectivity index (χ2n) is 3.97. The van der Waals surface area contributed by atoms with E-state index in [2.05, 4.69) is 28.2 Å². The van der Waals surface area contributed by atoms with Gasteiger partial charge in [0.15, 0.2) is 0 Å². The molecule has 5 heteroatoms. The SMILES string of the molecule is CCCNCCOCCc1cc(F)c(Br)cc1F. The van der Waals surface area contributed by atoms with Crippen LogP contribution in [-0.2, 0) is 11.2 Å². The van der Waals surface area contributed by atoms with Gasteiger partial charge >= 0.3 is 0 Å². The van der Waals surface area contributed by atoms with Crippen LogP contribution in [0.5, 0.6) is 0 Å². The maximum absolute atomic E-state index is 13.4. The fourth-order valence-corrected chi connectivity index (χ4v) is 1.80. The summed E-state index contributed by atoms with van der Waals surface area (Å²) in [5, 5.41) is 3.20. The van der Waals surface area contributed by atoms with Crippen molar-refractivity contribution in [2.45, 2.75) is 19.8 Å². The lowest BCUT2D eigenvalue weighted by molar-refractivity contribution is 0.138. The number of benzene rings is 1. The van der Waals surface area contributed by atoms with Crippen molar-refractivity contribution in [1.82, 2.24) is 5.32 Å². The Morgan fingerprint density at radius 1 is 1.17 bits per heavy atom. The first-order chi connectivity index (χ1) is 8.65. The molecular weight excluding hydrogens is 304 g/mol. The van der Waals surface area contributed by atoms with Crippen molar-refractivity contribution in [3.63, 3.8) is 0 Å². The van der Waals surface area contributed by atoms with Crippen LogP contribution in [0.1, 0.15) is 18.9 Å². The molecule has 2 nitrogen and oxygen atoms in total. The molecule has 0 spiro atoms. The van der Waals surface area contributed by atoms with Crippen LogP contribution >= 0.6 is 15.9 Å². The van der Waals surface area contributed by atoms with E-state index < -0.39 is 11.6 Å². The van der Waals surface area contributed by atoms with E-state index in [1.165, 1.54) is 6.07 Å². The molecule has 0 radical (unpaired) electrons. The van der Waals surface area contributed by atoms with E-state index in [0.717, 1.165) is 25.6 Å². The van der Waals surface area contributed by atoms with Gasteiger partial charge in [-0.2, -0.15) is 0 Å². The highest BCUT2D eigenvalue weighted by Gasteiger charge is 2.07. The van der Waals surface area contributed by atoms with Gasteiger partial charge in [-0.15, -0.1) is 0 Å². The third kappa shape index (κ3) is 5.42. The molecule has 0 saturated carbocycles. The third-order valence-electron chi connectivity index (χ3n) is 2.46. The number of ether oxygens (including phenoxy) is 1. The van der Waals surface area contributed by atoms with E-state index in [1.807, 2.05) is 0 Å². The van der Waals surface area contributed by atoms with Gasteiger partial charge < -0.3 is 10.1 Å². The predicted octanol–water partition coefficient (Wildman–Crippen LogP) is 3.29. The molecule has 1 N–H and O–H groups in total. The Kier molecular flexibility index (Phi) is 7.39. The predicted molar refractivity (Wildman–Crippen MR) is 71.7 cm³/mol. The lowest BCUT2D eigenvalue weighted by atomic mass is 10.1. The van der Waals surface area contributed by atoms with E-state index in [4.69, 9.17) is 4.74 Å². The Balaban J connectivity index is 2.25. The number of hydrogen-bond donors (Lipinski definition) is 1. The van der Waals surface area contributed by atoms with Crippen molar-refractivity contribution in [3.8, 4) is 0 Å². The summed E-state index contributed by atoms with van der Waals surface area (Å²) >= 11 is 2.94. The Labute approximate surface area is 115 Å². The average Bonchev–Trinajstić information content (AvgIpc) is 2.34. The quantitative estimate of drug-likeness (QED) is 0.586. The molecule has 18 heavy (non-hydrogen) atoms. The first-order valence-electron chi connectivity index (χ1n) is 6.07. The zero-order valence-electron chi connectivity index (χ0n) is 10.4. The van der Waals surface area contributed by atoms with Crippen molar-refractivity contribution in [1.29, 1.82) is 0 Å². The molecule has 0 aliphatic rings. The molecule has 0 heterocycles. The van der Waals surface area contributed by atoms with Crippen molar-refractivity contribution in [2.75, 3.05) is 26.3 Å². The second kappa shape index (κ2) is 8.56. The highest BCUT2D eigenvalue weighted by molar-refractivity contribution is 9.10. The standard InChI is InChI=1S/C13H18BrF2NO/c1-2-4-17-5-7-18-6-3-10-8-13(16)11(14)9-12(10)15/h8-9,17H,2-7H2,1H3. The summed E-state index contributed by atoms with van der Waals surface area (Å²) in [7, 11) is 0. The lowest BCUT2D eigenvalue weighted by Crippen LogP contribution is -2.20. The van der Waals surface area contributed by atoms with Gasteiger partial charge in [0, 0.05) is 6.54 Å². The Morgan fingerprint density at radius 2 is 1.94 bits per heavy atom. The summed E-state index contributed by atoms with van der Waals surface area (Å²) < 4.78 is 32.1. The summed E-state index contributed by atoms with van der Waals surface area (Å²) in [6.45, 7) is 4.83. The van der Waals surface area contributed by atoms with Crippen LogP contribution in [-0.4, -0.2) is 26.3 Å². The van der Waals surface area contributed by atoms with Gasteiger partial charge in [0.05, 0.1) is 17.7 Å². The minimum atomic E-state index is -0.448. The Morgan fingerprint density at radius 3 is 2.67 bits per heavy atom. The largest absolute Gasteiger partial charge is 0.380 e. The monoisotopic (exact) mass is 321 g/mol. The van der Waals surface area contributed by atoms with Crippen molar-refractivity contribution >= 4 is 15.9 Å². The molecule has 1 aromatic rings. The molecule has 0 unspecified atom stereocenters. The fourth-order valence-electron chi connectivity index (χ4n) is 1.49. The molecule has 0 bridgehead atoms. The maximum atomic E-state index is 13.4. The average molecular weight is 322 g/mol. The van der Waals surface area contributed by atoms with Crippen molar-refractivity contribution < 1.29 is 13.5 Å². The van der Waals surface area contributed by atoms with E-state index in [1.54, 1.807) is 0 Å². The third-order valence-corrected chi connectivity index (χ3v) is 3.06. The van der Waals surface area contributed by atoms with Crippen LogP contribution < -0.4 is 5.32 Å². The Bertz CT molecular complexity index is 374. The molecule has 0 saturated heterocycles. The molecule has 1 aromatic carbocycles. The van der Waals surface area contributed by atoms with Crippen LogP contribution in [0.15, 0.2) is 16.6 Å². The zero-order valence-corrected chi connectivity index (χ0v) is 12.0. The minimum Gasteiger partial charge on any atom is -0.380 e. The van der Waals surface area contributed by atoms with Crippen LogP contribution in [0.4, 0.5) is 8.78 Å². The zero-order chi connectivity index (χ0) is 13.4. The summed E-state index contributed by atoms with van der Waals surface area (Å²) in [6.07, 6.45) is 1.47. The molecule has 102 valence electrons. The number of hydrogen-bond acceptors (Lipinski definition) is 2. The molecule has 0 amide bonds. The first-order valence-corrected chi connectivity index (χ1v) is 6.86. The summed E-state index contributed by atoms with van der Waals surface area (Å²) in [4.78, 5) is 0. The molecular formula is C13H18BrF2NO. The van der Waals surface area contributed by atoms with Crippen molar-refractivity contribution in [3.05, 3.63) is 33.8 Å². The topological polar surface area (TPSA) is 21.3 Å². The summed E-state index contributed by atoms with van der Waals surface area (Å²) in [6, 6.07) is 2.35. The Hall–Kier alpha value is -0.520. The molecule has 1 rings (SSSR count). The van der Waals surface area contributed by atoms with E-state index in [-0.39, 0.29) is 4.47 Å². The molecule has 0 aliphatic heterocycles. The summed E-state index contributed by atoms with van der Waals surface area (Å²) in [5.41, 5.74) is 0.345. The lowest BCUT2D eigenvalue weighted by Gasteiger charge is -2.07. The van der Waals surface area contributed by atoms with Crippen LogP contribution in [0.2, 0.25) is 0 Å². The van der Waals surface area contributed by atoms with Gasteiger partial charge in [-0.25, -0.2) is 8.78 Å². The molecule has 0 aromatic heterocycles. The highest BCUT2D eigenvalue weighted by Crippen LogP contribution is 2.20. The highest BCUT2D eigenvalue weighted by atomic mass is 79.9. The van der Waals surface area contributed by atoms with E-state index in [0.29, 0.717) is 25.2 Å². The fraction of sp³-hybridized carbons (Fsp3) is 0.538. The number of nitrogens with one attached hydrogen (secondary N) is 1. The van der Waals surface area contributed by atoms with Gasteiger partial charge in [0.1, 0.15) is 11.6 Å².